The first-order chi connectivity index (χ1) is 11.0. The molecule has 4 aliphatic rings. The minimum Gasteiger partial charge on any atom is -0.493 e. The average Bonchev–Trinajstić information content (AvgIpc) is 2.90. The third-order valence-corrected chi connectivity index (χ3v) is 7.23. The summed E-state index contributed by atoms with van der Waals surface area (Å²) in [5.74, 6) is 2.19. The van der Waals surface area contributed by atoms with Crippen LogP contribution in [-0.2, 0) is 11.8 Å². The Kier molecular flexibility index (Phi) is 2.59. The summed E-state index contributed by atoms with van der Waals surface area (Å²) in [6.45, 7) is 3.30. The number of likely N-dealkylation sites (N-methyl/N-ethyl adjacent to an activating group) is 1. The smallest absolute Gasteiger partial charge is 0.165 e. The number of hydrogen-bond donors (Lipinski definition) is 1. The first kappa shape index (κ1) is 14.1. The third-order valence-electron chi connectivity index (χ3n) is 7.23. The van der Waals surface area contributed by atoms with Gasteiger partial charge < -0.3 is 19.5 Å². The zero-order chi connectivity index (χ0) is 16.0. The van der Waals surface area contributed by atoms with Crippen LogP contribution in [0.2, 0.25) is 0 Å². The molecule has 1 saturated heterocycles. The maximum atomic E-state index is 11.9. The Morgan fingerprint density at radius 2 is 2.17 bits per heavy atom. The lowest BCUT2D eigenvalue weighted by Crippen LogP contribution is -2.75. The SMILES string of the molecule is COc1ccc2c3c1OC1C(C)CCC4(O)C(C2)N(C)CCC314. The fraction of sp³-hybridized carbons (Fsp3) is 0.684. The van der Waals surface area contributed by atoms with Crippen LogP contribution in [0.25, 0.3) is 0 Å². The monoisotopic (exact) mass is 315 g/mol. The Morgan fingerprint density at radius 3 is 2.96 bits per heavy atom. The largest absolute Gasteiger partial charge is 0.493 e. The van der Waals surface area contributed by atoms with Crippen molar-refractivity contribution in [2.75, 3.05) is 20.7 Å². The van der Waals surface area contributed by atoms with Crippen molar-refractivity contribution in [3.8, 4) is 11.5 Å². The molecule has 5 unspecified atom stereocenters. The second kappa shape index (κ2) is 4.22. The summed E-state index contributed by atoms with van der Waals surface area (Å²) in [5, 5.41) is 11.9. The van der Waals surface area contributed by atoms with E-state index >= 15 is 0 Å². The van der Waals surface area contributed by atoms with E-state index in [2.05, 4.69) is 24.9 Å². The van der Waals surface area contributed by atoms with Crippen molar-refractivity contribution >= 4 is 0 Å². The lowest BCUT2D eigenvalue weighted by Gasteiger charge is -2.63. The molecule has 1 N–H and O–H groups in total. The summed E-state index contributed by atoms with van der Waals surface area (Å²) in [6, 6.07) is 4.42. The fourth-order valence-electron chi connectivity index (χ4n) is 6.15. The van der Waals surface area contributed by atoms with Crippen LogP contribution in [0.3, 0.4) is 0 Å². The summed E-state index contributed by atoms with van der Waals surface area (Å²) in [7, 11) is 3.87. The van der Waals surface area contributed by atoms with Gasteiger partial charge in [0.15, 0.2) is 11.5 Å². The molecule has 5 atom stereocenters. The first-order valence-corrected chi connectivity index (χ1v) is 8.82. The minimum absolute atomic E-state index is 0.0720. The van der Waals surface area contributed by atoms with Crippen LogP contribution >= 0.6 is 0 Å². The molecule has 5 rings (SSSR count). The molecule has 23 heavy (non-hydrogen) atoms. The molecule has 1 aromatic carbocycles. The van der Waals surface area contributed by atoms with E-state index < -0.39 is 5.60 Å². The van der Waals surface area contributed by atoms with Gasteiger partial charge in [0.1, 0.15) is 6.10 Å². The molecule has 1 aromatic rings. The Bertz CT molecular complexity index is 689. The predicted molar refractivity (Wildman–Crippen MR) is 87.2 cm³/mol. The number of aliphatic hydroxyl groups is 1. The van der Waals surface area contributed by atoms with Crippen molar-refractivity contribution in [2.24, 2.45) is 5.92 Å². The van der Waals surface area contributed by atoms with Crippen molar-refractivity contribution < 1.29 is 14.6 Å². The van der Waals surface area contributed by atoms with Crippen LogP contribution in [0, 0.1) is 5.92 Å². The van der Waals surface area contributed by atoms with Gasteiger partial charge in [0.2, 0.25) is 0 Å². The Morgan fingerprint density at radius 1 is 1.35 bits per heavy atom. The van der Waals surface area contributed by atoms with Crippen molar-refractivity contribution in [3.63, 3.8) is 0 Å². The Hall–Kier alpha value is -1.26. The highest BCUT2D eigenvalue weighted by molar-refractivity contribution is 5.62. The molecule has 0 radical (unpaired) electrons. The van der Waals surface area contributed by atoms with E-state index in [1.54, 1.807) is 7.11 Å². The van der Waals surface area contributed by atoms with E-state index in [0.29, 0.717) is 5.92 Å². The van der Waals surface area contributed by atoms with Gasteiger partial charge in [-0.2, -0.15) is 0 Å². The standard InChI is InChI=1S/C19H25NO3/c1-11-6-7-19(21)14-10-12-4-5-13(22-3)16-15(12)18(19,17(11)23-16)8-9-20(14)2/h4-5,11,14,17,21H,6-10H2,1-3H3. The van der Waals surface area contributed by atoms with Crippen molar-refractivity contribution in [1.82, 2.24) is 4.90 Å². The Balaban J connectivity index is 1.84. The summed E-state index contributed by atoms with van der Waals surface area (Å²) in [6.07, 6.45) is 3.85. The van der Waals surface area contributed by atoms with E-state index in [1.165, 1.54) is 11.1 Å². The zero-order valence-electron chi connectivity index (χ0n) is 14.1. The molecule has 2 heterocycles. The molecule has 1 saturated carbocycles. The molecule has 2 fully saturated rings. The van der Waals surface area contributed by atoms with Gasteiger partial charge in [-0.25, -0.2) is 0 Å². The number of ether oxygens (including phenoxy) is 2. The van der Waals surface area contributed by atoms with Crippen molar-refractivity contribution in [1.29, 1.82) is 0 Å². The molecule has 4 nitrogen and oxygen atoms in total. The fourth-order valence-corrected chi connectivity index (χ4v) is 6.15. The molecule has 2 aliphatic heterocycles. The maximum absolute atomic E-state index is 11.9. The molecule has 1 spiro atoms. The highest BCUT2D eigenvalue weighted by Crippen LogP contribution is 2.66. The molecule has 0 amide bonds. The quantitative estimate of drug-likeness (QED) is 0.862. The second-order valence-electron chi connectivity index (χ2n) is 8.03. The number of likely N-dealkylation sites (tertiary alicyclic amines) is 1. The number of nitrogens with zero attached hydrogens (tertiary/aromatic N) is 1. The molecule has 0 aromatic heterocycles. The lowest BCUT2D eigenvalue weighted by atomic mass is 9.48. The van der Waals surface area contributed by atoms with Gasteiger partial charge >= 0.3 is 0 Å². The normalized spacial score (nSPS) is 43.7. The van der Waals surface area contributed by atoms with Gasteiger partial charge in [0.25, 0.3) is 0 Å². The number of piperidine rings is 1. The molecule has 4 heteroatoms. The van der Waals surface area contributed by atoms with Crippen LogP contribution in [0.4, 0.5) is 0 Å². The van der Waals surface area contributed by atoms with Gasteiger partial charge in [-0.15, -0.1) is 0 Å². The summed E-state index contributed by atoms with van der Waals surface area (Å²) < 4.78 is 12.1. The zero-order valence-corrected chi connectivity index (χ0v) is 14.1. The highest BCUT2D eigenvalue weighted by atomic mass is 16.5. The van der Waals surface area contributed by atoms with Gasteiger partial charge in [-0.3, -0.25) is 0 Å². The van der Waals surface area contributed by atoms with E-state index in [1.807, 2.05) is 6.07 Å². The third kappa shape index (κ3) is 1.38. The van der Waals surface area contributed by atoms with Crippen LogP contribution in [-0.4, -0.2) is 48.5 Å². The summed E-state index contributed by atoms with van der Waals surface area (Å²) in [5.41, 5.74) is 1.68. The number of methoxy groups -OCH3 is 1. The average molecular weight is 315 g/mol. The van der Waals surface area contributed by atoms with Crippen LogP contribution < -0.4 is 9.47 Å². The maximum Gasteiger partial charge on any atom is 0.165 e. The topological polar surface area (TPSA) is 41.9 Å². The van der Waals surface area contributed by atoms with E-state index in [-0.39, 0.29) is 17.6 Å². The Labute approximate surface area is 137 Å². The van der Waals surface area contributed by atoms with Crippen LogP contribution in [0.1, 0.15) is 37.3 Å². The predicted octanol–water partition coefficient (Wildman–Crippen LogP) is 2.12. The summed E-state index contributed by atoms with van der Waals surface area (Å²) in [4.78, 5) is 2.36. The van der Waals surface area contributed by atoms with Crippen molar-refractivity contribution in [2.45, 2.75) is 55.8 Å². The lowest BCUT2D eigenvalue weighted by molar-refractivity contribution is -0.191. The van der Waals surface area contributed by atoms with E-state index in [4.69, 9.17) is 9.47 Å². The van der Waals surface area contributed by atoms with Gasteiger partial charge in [-0.05, 0) is 56.8 Å². The molecule has 124 valence electrons. The van der Waals surface area contributed by atoms with Gasteiger partial charge in [0.05, 0.1) is 18.1 Å². The van der Waals surface area contributed by atoms with Gasteiger partial charge in [0, 0.05) is 11.6 Å². The molecular weight excluding hydrogens is 290 g/mol. The van der Waals surface area contributed by atoms with Crippen molar-refractivity contribution in [3.05, 3.63) is 23.3 Å². The minimum atomic E-state index is -0.679. The van der Waals surface area contributed by atoms with E-state index in [9.17, 15) is 5.11 Å². The summed E-state index contributed by atoms with van der Waals surface area (Å²) >= 11 is 0. The van der Waals surface area contributed by atoms with Gasteiger partial charge in [-0.1, -0.05) is 13.0 Å². The number of rotatable bonds is 1. The molecule has 2 aliphatic carbocycles. The number of benzene rings is 1. The van der Waals surface area contributed by atoms with Crippen LogP contribution in [0.15, 0.2) is 12.1 Å². The second-order valence-corrected chi connectivity index (χ2v) is 8.03. The first-order valence-electron chi connectivity index (χ1n) is 8.82. The van der Waals surface area contributed by atoms with Crippen LogP contribution in [0.5, 0.6) is 11.5 Å². The number of hydrogen-bond acceptors (Lipinski definition) is 4. The molecular formula is C19H25NO3. The highest BCUT2D eigenvalue weighted by Gasteiger charge is 2.71. The van der Waals surface area contributed by atoms with E-state index in [0.717, 1.165) is 43.7 Å². The molecule has 2 bridgehead atoms.